The van der Waals surface area contributed by atoms with Gasteiger partial charge in [-0.25, -0.2) is 27.1 Å². The van der Waals surface area contributed by atoms with Gasteiger partial charge < -0.3 is 10.1 Å². The molecule has 1 aliphatic heterocycles. The molecule has 0 bridgehead atoms. The van der Waals surface area contributed by atoms with Crippen LogP contribution in [0, 0.1) is 11.7 Å². The first-order valence-electron chi connectivity index (χ1n) is 8.74. The number of nitrogens with zero attached hydrogens (tertiary/aromatic N) is 3. The van der Waals surface area contributed by atoms with Gasteiger partial charge in [0.1, 0.15) is 11.5 Å². The van der Waals surface area contributed by atoms with E-state index < -0.39 is 34.0 Å². The zero-order valence-corrected chi connectivity index (χ0v) is 16.7. The molecule has 2 aromatic rings. The second-order valence-electron chi connectivity index (χ2n) is 6.84. The quantitative estimate of drug-likeness (QED) is 0.727. The van der Waals surface area contributed by atoms with Gasteiger partial charge in [-0.3, -0.25) is 4.79 Å². The lowest BCUT2D eigenvalue weighted by Gasteiger charge is -2.35. The van der Waals surface area contributed by atoms with Gasteiger partial charge in [-0.15, -0.1) is 0 Å². The number of hydrogen-bond donors (Lipinski definition) is 2. The molecule has 11 heteroatoms. The Hall–Kier alpha value is -2.04. The van der Waals surface area contributed by atoms with Crippen LogP contribution in [0.4, 0.5) is 4.39 Å². The van der Waals surface area contributed by atoms with Crippen molar-refractivity contribution in [1.29, 1.82) is 0 Å². The number of nitrogens with one attached hydrogen (secondary N) is 1. The van der Waals surface area contributed by atoms with Crippen LogP contribution in [-0.4, -0.2) is 57.6 Å². The summed E-state index contributed by atoms with van der Waals surface area (Å²) in [5.41, 5.74) is 1.15. The number of pyridine rings is 1. The predicted octanol–water partition coefficient (Wildman–Crippen LogP) is 2.49. The van der Waals surface area contributed by atoms with Crippen molar-refractivity contribution >= 4 is 27.6 Å². The molecule has 1 fully saturated rings. The first-order valence-corrected chi connectivity index (χ1v) is 10.7. The summed E-state index contributed by atoms with van der Waals surface area (Å²) < 4.78 is 39.1. The number of carbonyl (C=O) groups is 1. The molecule has 28 heavy (non-hydrogen) atoms. The van der Waals surface area contributed by atoms with Gasteiger partial charge >= 0.3 is 5.97 Å². The van der Waals surface area contributed by atoms with Crippen molar-refractivity contribution in [3.63, 3.8) is 0 Å². The van der Waals surface area contributed by atoms with Crippen LogP contribution in [-0.2, 0) is 14.8 Å². The monoisotopic (exact) mass is 430 g/mol. The van der Waals surface area contributed by atoms with E-state index in [1.165, 1.54) is 16.4 Å². The SMILES string of the molecule is C[C@@H]1CN(S(=O)(=O)CCC(=O)O)CC[C@@H]1c1[nH]c(-c2ccc(F)cn2)nc1Cl. The molecular formula is C17H20ClFN4O4S. The van der Waals surface area contributed by atoms with E-state index >= 15 is 0 Å². The Balaban J connectivity index is 1.74. The van der Waals surface area contributed by atoms with Crippen molar-refractivity contribution < 1.29 is 22.7 Å². The van der Waals surface area contributed by atoms with Crippen molar-refractivity contribution in [2.45, 2.75) is 25.7 Å². The number of aromatic nitrogens is 3. The summed E-state index contributed by atoms with van der Waals surface area (Å²) >= 11 is 6.29. The average molecular weight is 431 g/mol. The molecule has 0 spiro atoms. The summed E-state index contributed by atoms with van der Waals surface area (Å²) in [7, 11) is -3.62. The van der Waals surface area contributed by atoms with Crippen LogP contribution in [0.15, 0.2) is 18.3 Å². The van der Waals surface area contributed by atoms with Crippen LogP contribution in [0.5, 0.6) is 0 Å². The van der Waals surface area contributed by atoms with Crippen molar-refractivity contribution in [2.75, 3.05) is 18.8 Å². The Bertz CT molecular complexity index is 964. The molecule has 0 radical (unpaired) electrons. The van der Waals surface area contributed by atoms with Crippen LogP contribution in [0.3, 0.4) is 0 Å². The Morgan fingerprint density at radius 1 is 1.46 bits per heavy atom. The minimum Gasteiger partial charge on any atom is -0.481 e. The van der Waals surface area contributed by atoms with E-state index in [0.717, 1.165) is 6.20 Å². The third-order valence-corrected chi connectivity index (χ3v) is 6.99. The van der Waals surface area contributed by atoms with Crippen molar-refractivity contribution in [3.8, 4) is 11.5 Å². The molecule has 2 N–H and O–H groups in total. The Kier molecular flexibility index (Phi) is 6.01. The van der Waals surface area contributed by atoms with Crippen LogP contribution in [0.2, 0.25) is 5.15 Å². The van der Waals surface area contributed by atoms with Crippen LogP contribution in [0.1, 0.15) is 31.4 Å². The maximum atomic E-state index is 13.1. The highest BCUT2D eigenvalue weighted by atomic mass is 35.5. The number of sulfonamides is 1. The number of aliphatic carboxylic acids is 1. The lowest BCUT2D eigenvalue weighted by Crippen LogP contribution is -2.43. The normalized spacial score (nSPS) is 21.0. The smallest absolute Gasteiger partial charge is 0.304 e. The number of halogens is 2. The molecule has 0 saturated carbocycles. The lowest BCUT2D eigenvalue weighted by molar-refractivity contribution is -0.136. The standard InChI is InChI=1S/C17H20ClFN4O4S/c1-10-9-23(28(26,27)7-5-14(24)25)6-4-12(10)15-16(18)22-17(21-15)13-3-2-11(19)8-20-13/h2-3,8,10,12H,4-7,9H2,1H3,(H,21,22)(H,24,25)/t10-,12+/m1/s1. The number of carboxylic acids is 1. The minimum atomic E-state index is -3.62. The molecule has 3 heterocycles. The van der Waals surface area contributed by atoms with Gasteiger partial charge in [0.05, 0.1) is 24.1 Å². The maximum Gasteiger partial charge on any atom is 0.304 e. The highest BCUT2D eigenvalue weighted by Gasteiger charge is 2.35. The third-order valence-electron chi connectivity index (χ3n) is 4.86. The molecule has 0 aliphatic carbocycles. The van der Waals surface area contributed by atoms with Crippen LogP contribution < -0.4 is 0 Å². The number of H-pyrrole nitrogens is 1. The molecule has 2 aromatic heterocycles. The molecule has 8 nitrogen and oxygen atoms in total. The zero-order valence-electron chi connectivity index (χ0n) is 15.1. The molecule has 1 aliphatic rings. The first kappa shape index (κ1) is 20.7. The van der Waals surface area contributed by atoms with E-state index in [9.17, 15) is 17.6 Å². The summed E-state index contributed by atoms with van der Waals surface area (Å²) in [5, 5.41) is 9.00. The summed E-state index contributed by atoms with van der Waals surface area (Å²) in [6.07, 6.45) is 1.19. The van der Waals surface area contributed by atoms with Gasteiger partial charge in [0.25, 0.3) is 0 Å². The van der Waals surface area contributed by atoms with E-state index in [1.54, 1.807) is 0 Å². The third kappa shape index (κ3) is 4.50. The van der Waals surface area contributed by atoms with Crippen molar-refractivity contribution in [3.05, 3.63) is 35.0 Å². The van der Waals surface area contributed by atoms with Gasteiger partial charge in [0.2, 0.25) is 10.0 Å². The second-order valence-corrected chi connectivity index (χ2v) is 9.29. The lowest BCUT2D eigenvalue weighted by atomic mass is 9.86. The maximum absolute atomic E-state index is 13.1. The minimum absolute atomic E-state index is 0.0416. The molecule has 3 rings (SSSR count). The molecule has 2 atom stereocenters. The Labute approximate surface area is 166 Å². The fourth-order valence-electron chi connectivity index (χ4n) is 3.38. The summed E-state index contributed by atoms with van der Waals surface area (Å²) in [4.78, 5) is 22.1. The molecule has 0 unspecified atom stereocenters. The van der Waals surface area contributed by atoms with E-state index in [2.05, 4.69) is 15.0 Å². The van der Waals surface area contributed by atoms with Crippen LogP contribution in [0.25, 0.3) is 11.5 Å². The average Bonchev–Trinajstić information content (AvgIpc) is 3.02. The van der Waals surface area contributed by atoms with E-state index in [-0.39, 0.29) is 30.1 Å². The number of piperidine rings is 1. The van der Waals surface area contributed by atoms with Gasteiger partial charge in [-0.05, 0) is 24.5 Å². The predicted molar refractivity (Wildman–Crippen MR) is 101 cm³/mol. The highest BCUT2D eigenvalue weighted by molar-refractivity contribution is 7.89. The van der Waals surface area contributed by atoms with Gasteiger partial charge in [-0.1, -0.05) is 18.5 Å². The van der Waals surface area contributed by atoms with Crippen molar-refractivity contribution in [1.82, 2.24) is 19.3 Å². The molecular weight excluding hydrogens is 411 g/mol. The fourth-order valence-corrected chi connectivity index (χ4v) is 5.19. The second kappa shape index (κ2) is 8.14. The van der Waals surface area contributed by atoms with Gasteiger partial charge in [0.15, 0.2) is 11.0 Å². The van der Waals surface area contributed by atoms with E-state index in [0.29, 0.717) is 23.6 Å². The zero-order chi connectivity index (χ0) is 20.5. The summed E-state index contributed by atoms with van der Waals surface area (Å²) in [6, 6.07) is 2.77. The number of imidazole rings is 1. The summed E-state index contributed by atoms with van der Waals surface area (Å²) in [5.74, 6) is -1.68. The molecule has 0 amide bonds. The first-order chi connectivity index (χ1) is 13.2. The van der Waals surface area contributed by atoms with Crippen LogP contribution >= 0.6 is 11.6 Å². The van der Waals surface area contributed by atoms with Gasteiger partial charge in [0, 0.05) is 19.0 Å². The molecule has 0 aromatic carbocycles. The number of aromatic amines is 1. The Morgan fingerprint density at radius 2 is 2.21 bits per heavy atom. The Morgan fingerprint density at radius 3 is 2.82 bits per heavy atom. The number of hydrogen-bond acceptors (Lipinski definition) is 5. The topological polar surface area (TPSA) is 116 Å². The number of carboxylic acid groups (broad SMARTS) is 1. The molecule has 152 valence electrons. The molecule has 1 saturated heterocycles. The highest BCUT2D eigenvalue weighted by Crippen LogP contribution is 2.37. The van der Waals surface area contributed by atoms with Crippen molar-refractivity contribution in [2.24, 2.45) is 5.92 Å². The summed E-state index contributed by atoms with van der Waals surface area (Å²) in [6.45, 7) is 2.46. The fraction of sp³-hybridized carbons (Fsp3) is 0.471. The van der Waals surface area contributed by atoms with E-state index in [4.69, 9.17) is 16.7 Å². The van der Waals surface area contributed by atoms with Gasteiger partial charge in [-0.2, -0.15) is 0 Å². The number of rotatable bonds is 6. The van der Waals surface area contributed by atoms with E-state index in [1.807, 2.05) is 6.92 Å². The largest absolute Gasteiger partial charge is 0.481 e.